The van der Waals surface area contributed by atoms with E-state index in [1.807, 2.05) is 45.0 Å². The first-order valence-electron chi connectivity index (χ1n) is 5.08. The highest BCUT2D eigenvalue weighted by Crippen LogP contribution is 2.17. The van der Waals surface area contributed by atoms with Gasteiger partial charge in [0.15, 0.2) is 0 Å². The second-order valence-electron chi connectivity index (χ2n) is 4.48. The monoisotopic (exact) mass is 301 g/mol. The number of hydrogen-bond acceptors (Lipinski definition) is 2. The van der Waals surface area contributed by atoms with Gasteiger partial charge in [-0.15, -0.1) is 0 Å². The van der Waals surface area contributed by atoms with Crippen molar-refractivity contribution in [3.05, 3.63) is 34.3 Å². The summed E-state index contributed by atoms with van der Waals surface area (Å²) in [5, 5.41) is 0. The summed E-state index contributed by atoms with van der Waals surface area (Å²) in [5.41, 5.74) is 1.16. The van der Waals surface area contributed by atoms with E-state index >= 15 is 0 Å². The third kappa shape index (κ3) is 4.68. The van der Waals surface area contributed by atoms with E-state index in [1.54, 1.807) is 6.21 Å². The fraction of sp³-hybridized carbons (Fsp3) is 0.417. The van der Waals surface area contributed by atoms with Gasteiger partial charge in [-0.2, -0.15) is 0 Å². The van der Waals surface area contributed by atoms with Crippen molar-refractivity contribution in [2.24, 2.45) is 4.40 Å². The number of halogens is 1. The molecule has 0 aliphatic rings. The summed E-state index contributed by atoms with van der Waals surface area (Å²) < 4.78 is 16.4. The Balaban J connectivity index is 2.55. The zero-order valence-corrected chi connectivity index (χ0v) is 12.1. The summed E-state index contributed by atoms with van der Waals surface area (Å²) in [6.45, 7) is 5.75. The van der Waals surface area contributed by atoms with Crippen LogP contribution < -0.4 is 0 Å². The summed E-state index contributed by atoms with van der Waals surface area (Å²) in [6, 6.07) is 8.02. The van der Waals surface area contributed by atoms with Crippen LogP contribution in [-0.4, -0.2) is 15.5 Å². The lowest BCUT2D eigenvalue weighted by atomic mass is 10.2. The van der Waals surface area contributed by atoms with Crippen LogP contribution in [-0.2, 0) is 17.8 Å². The molecule has 88 valence electrons. The lowest BCUT2D eigenvalue weighted by Gasteiger charge is -2.17. The zero-order valence-electron chi connectivity index (χ0n) is 9.74. The van der Waals surface area contributed by atoms with Gasteiger partial charge in [0.05, 0.1) is 6.21 Å². The Bertz CT molecular complexity index is 374. The summed E-state index contributed by atoms with van der Waals surface area (Å²) in [6.07, 6.45) is 2.43. The first-order chi connectivity index (χ1) is 7.39. The number of benzene rings is 1. The van der Waals surface area contributed by atoms with Crippen molar-refractivity contribution in [2.45, 2.75) is 31.9 Å². The minimum Gasteiger partial charge on any atom is -0.591 e. The molecule has 4 heteroatoms. The molecular formula is C12H16BrNOS. The maximum atomic E-state index is 11.6. The van der Waals surface area contributed by atoms with E-state index in [-0.39, 0.29) is 4.75 Å². The van der Waals surface area contributed by atoms with Gasteiger partial charge in [0.25, 0.3) is 0 Å². The number of rotatable bonds is 3. The Morgan fingerprint density at radius 2 is 2.12 bits per heavy atom. The lowest BCUT2D eigenvalue weighted by Crippen LogP contribution is -2.25. The first-order valence-corrected chi connectivity index (χ1v) is 6.98. The molecule has 0 saturated carbocycles. The summed E-state index contributed by atoms with van der Waals surface area (Å²) >= 11 is 2.25. The van der Waals surface area contributed by atoms with Gasteiger partial charge in [0, 0.05) is 10.9 Å². The van der Waals surface area contributed by atoms with Crippen molar-refractivity contribution in [1.82, 2.24) is 0 Å². The normalized spacial score (nSPS) is 14.3. The topological polar surface area (TPSA) is 35.4 Å². The smallest absolute Gasteiger partial charge is 0.144 e. The molecule has 0 aliphatic carbocycles. The maximum Gasteiger partial charge on any atom is 0.144 e. The van der Waals surface area contributed by atoms with Crippen molar-refractivity contribution in [2.75, 3.05) is 0 Å². The van der Waals surface area contributed by atoms with Crippen LogP contribution in [0.3, 0.4) is 0 Å². The molecule has 0 heterocycles. The van der Waals surface area contributed by atoms with E-state index in [2.05, 4.69) is 20.3 Å². The molecule has 1 rings (SSSR count). The highest BCUT2D eigenvalue weighted by atomic mass is 79.9. The van der Waals surface area contributed by atoms with Crippen LogP contribution >= 0.6 is 15.9 Å². The average molecular weight is 302 g/mol. The Labute approximate surface area is 109 Å². The van der Waals surface area contributed by atoms with Gasteiger partial charge in [-0.1, -0.05) is 32.5 Å². The van der Waals surface area contributed by atoms with Gasteiger partial charge < -0.3 is 4.55 Å². The number of hydrogen-bond donors (Lipinski definition) is 0. The van der Waals surface area contributed by atoms with Crippen LogP contribution in [0.25, 0.3) is 0 Å². The van der Waals surface area contributed by atoms with Crippen molar-refractivity contribution < 1.29 is 4.55 Å². The van der Waals surface area contributed by atoms with Crippen molar-refractivity contribution in [3.8, 4) is 0 Å². The number of nitrogens with zero attached hydrogens (tertiary/aromatic N) is 1. The van der Waals surface area contributed by atoms with Crippen LogP contribution in [0.2, 0.25) is 0 Å². The lowest BCUT2D eigenvalue weighted by molar-refractivity contribution is 0.561. The summed E-state index contributed by atoms with van der Waals surface area (Å²) in [5.74, 6) is 0. The molecule has 0 amide bonds. The van der Waals surface area contributed by atoms with Crippen molar-refractivity contribution in [3.63, 3.8) is 0 Å². The fourth-order valence-electron chi connectivity index (χ4n) is 1.03. The molecule has 0 radical (unpaired) electrons. The molecule has 1 aromatic carbocycles. The SMILES string of the molecule is CC(C)(C)[S+]([O-])N=CCc1cccc(Br)c1. The maximum absolute atomic E-state index is 11.6. The quantitative estimate of drug-likeness (QED) is 0.621. The van der Waals surface area contributed by atoms with Crippen LogP contribution in [0, 0.1) is 0 Å². The van der Waals surface area contributed by atoms with E-state index in [4.69, 9.17) is 0 Å². The van der Waals surface area contributed by atoms with Gasteiger partial charge in [-0.3, -0.25) is 0 Å². The second kappa shape index (κ2) is 5.84. The van der Waals surface area contributed by atoms with E-state index < -0.39 is 11.4 Å². The molecule has 0 aromatic heterocycles. The van der Waals surface area contributed by atoms with Crippen LogP contribution in [0.4, 0.5) is 0 Å². The molecule has 0 bridgehead atoms. The summed E-state index contributed by atoms with van der Waals surface area (Å²) in [7, 11) is 0. The molecule has 0 saturated heterocycles. The van der Waals surface area contributed by atoms with Crippen LogP contribution in [0.15, 0.2) is 33.1 Å². The van der Waals surface area contributed by atoms with Crippen LogP contribution in [0.1, 0.15) is 26.3 Å². The van der Waals surface area contributed by atoms with Gasteiger partial charge in [0.2, 0.25) is 0 Å². The highest BCUT2D eigenvalue weighted by molar-refractivity contribution is 9.10. The Hall–Kier alpha value is -0.320. The van der Waals surface area contributed by atoms with Gasteiger partial charge >= 0.3 is 0 Å². The fourth-order valence-corrected chi connectivity index (χ4v) is 2.01. The van der Waals surface area contributed by atoms with Crippen molar-refractivity contribution in [1.29, 1.82) is 0 Å². The molecule has 16 heavy (non-hydrogen) atoms. The molecule has 1 atom stereocenters. The molecule has 1 unspecified atom stereocenters. The third-order valence-corrected chi connectivity index (χ3v) is 3.79. The molecule has 2 nitrogen and oxygen atoms in total. The van der Waals surface area contributed by atoms with E-state index in [1.165, 1.54) is 0 Å². The predicted octanol–water partition coefficient (Wildman–Crippen LogP) is 3.52. The standard InChI is InChI=1S/C12H16BrNOS/c1-12(2,3)16(15)14-8-7-10-5-4-6-11(13)9-10/h4-6,8-9H,7H2,1-3H3. The van der Waals surface area contributed by atoms with Gasteiger partial charge in [-0.25, -0.2) is 0 Å². The Morgan fingerprint density at radius 1 is 1.44 bits per heavy atom. The molecule has 0 aliphatic heterocycles. The summed E-state index contributed by atoms with van der Waals surface area (Å²) in [4.78, 5) is 0. The second-order valence-corrected chi connectivity index (χ2v) is 7.33. The molecule has 0 spiro atoms. The molecule has 0 fully saturated rings. The highest BCUT2D eigenvalue weighted by Gasteiger charge is 2.25. The van der Waals surface area contributed by atoms with Crippen LogP contribution in [0.5, 0.6) is 0 Å². The average Bonchev–Trinajstić information content (AvgIpc) is 2.16. The minimum absolute atomic E-state index is 0.284. The third-order valence-electron chi connectivity index (χ3n) is 1.91. The van der Waals surface area contributed by atoms with E-state index in [0.717, 1.165) is 10.0 Å². The van der Waals surface area contributed by atoms with E-state index in [0.29, 0.717) is 6.42 Å². The first kappa shape index (κ1) is 13.7. The molecular weight excluding hydrogens is 286 g/mol. The van der Waals surface area contributed by atoms with Gasteiger partial charge in [0.1, 0.15) is 16.1 Å². The molecule has 0 N–H and O–H groups in total. The minimum atomic E-state index is -1.16. The largest absolute Gasteiger partial charge is 0.591 e. The predicted molar refractivity (Wildman–Crippen MR) is 74.2 cm³/mol. The van der Waals surface area contributed by atoms with Gasteiger partial charge in [-0.05, 0) is 38.5 Å². The zero-order chi connectivity index (χ0) is 12.2. The van der Waals surface area contributed by atoms with E-state index in [9.17, 15) is 4.55 Å². The Kier molecular flexibility index (Phi) is 5.02. The van der Waals surface area contributed by atoms with Crippen molar-refractivity contribution >= 4 is 33.5 Å². The molecule has 1 aromatic rings. The Morgan fingerprint density at radius 3 is 2.69 bits per heavy atom.